The van der Waals surface area contributed by atoms with Crippen LogP contribution in [0.1, 0.15) is 66.9 Å². The Balaban J connectivity index is 0.000000183. The number of halogens is 2. The fraction of sp³-hybridized carbons (Fsp3) is 0.200. The van der Waals surface area contributed by atoms with Crippen molar-refractivity contribution >= 4 is 83.2 Å². The third-order valence-corrected chi connectivity index (χ3v) is 9.38. The molecule has 2 aromatic carbocycles. The molecular weight excluding hydrogens is 738 g/mol. The summed E-state index contributed by atoms with van der Waals surface area (Å²) in [5, 5.41) is 1.61. The number of ether oxygens (including phenoxy) is 2. The molecular formula is C30H27Br2N3O5S3. The molecule has 0 saturated carbocycles. The molecule has 0 radical (unpaired) electrons. The average molecular weight is 766 g/mol. The molecule has 0 saturated heterocycles. The summed E-state index contributed by atoms with van der Waals surface area (Å²) in [6, 6.07) is 18.8. The Morgan fingerprint density at radius 3 is 1.42 bits per heavy atom. The number of benzene rings is 2. The van der Waals surface area contributed by atoms with Gasteiger partial charge in [0, 0.05) is 40.7 Å². The molecule has 0 fully saturated rings. The smallest absolute Gasteiger partial charge is 0.279 e. The number of ketones is 3. The topological polar surface area (TPSA) is 108 Å². The standard InChI is InChI=1S/C12H10BrNO2S.C12H11NO2S.C6H6BrNOS/c1-8(15)11-10(7-13)17-12(14-11)16-9-5-3-2-4-6-9;1-8(14)11-9(2)16-12(13-11)15-10-6-4-3-5-7-10;1-3(9)5-4(2)10-6(7)8-5/h2-6H,7H2,1H3;3-7H,1-2H3;1-2H3. The molecule has 13 heteroatoms. The Morgan fingerprint density at radius 2 is 1.07 bits per heavy atom. The van der Waals surface area contributed by atoms with Gasteiger partial charge in [0.05, 0.1) is 0 Å². The lowest BCUT2D eigenvalue weighted by Crippen LogP contribution is -1.95. The van der Waals surface area contributed by atoms with Gasteiger partial charge in [0.15, 0.2) is 21.3 Å². The van der Waals surface area contributed by atoms with Crippen molar-refractivity contribution in [3.63, 3.8) is 0 Å². The highest BCUT2D eigenvalue weighted by atomic mass is 79.9. The summed E-state index contributed by atoms with van der Waals surface area (Å²) in [4.78, 5) is 48.5. The van der Waals surface area contributed by atoms with Crippen molar-refractivity contribution in [3.8, 4) is 21.9 Å². The molecule has 0 aliphatic rings. The lowest BCUT2D eigenvalue weighted by molar-refractivity contribution is 0.1000. The first-order valence-corrected chi connectivity index (χ1v) is 17.0. The molecule has 0 aliphatic carbocycles. The summed E-state index contributed by atoms with van der Waals surface area (Å²) in [7, 11) is 0. The third kappa shape index (κ3) is 10.5. The number of hydrogen-bond acceptors (Lipinski definition) is 11. The van der Waals surface area contributed by atoms with E-state index in [4.69, 9.17) is 9.47 Å². The van der Waals surface area contributed by atoms with E-state index < -0.39 is 0 Å². The number of thiazole rings is 3. The number of carbonyl (C=O) groups is 3. The number of para-hydroxylation sites is 2. The van der Waals surface area contributed by atoms with Crippen LogP contribution >= 0.6 is 65.9 Å². The number of nitrogens with zero attached hydrogens (tertiary/aromatic N) is 3. The van der Waals surface area contributed by atoms with Gasteiger partial charge in [0.1, 0.15) is 28.6 Å². The van der Waals surface area contributed by atoms with E-state index in [0.717, 1.165) is 30.0 Å². The van der Waals surface area contributed by atoms with Gasteiger partial charge >= 0.3 is 0 Å². The number of hydrogen-bond donors (Lipinski definition) is 0. The molecule has 224 valence electrons. The first-order valence-electron chi connectivity index (χ1n) is 12.6. The number of alkyl halides is 1. The fourth-order valence-electron chi connectivity index (χ4n) is 3.35. The van der Waals surface area contributed by atoms with Crippen molar-refractivity contribution < 1.29 is 23.9 Å². The Kier molecular flexibility index (Phi) is 13.3. The molecule has 5 aromatic rings. The summed E-state index contributed by atoms with van der Waals surface area (Å²) < 4.78 is 11.9. The Labute approximate surface area is 278 Å². The van der Waals surface area contributed by atoms with E-state index >= 15 is 0 Å². The molecule has 3 heterocycles. The van der Waals surface area contributed by atoms with Gasteiger partial charge in [0.25, 0.3) is 10.4 Å². The minimum absolute atomic E-state index is 0.0273. The van der Waals surface area contributed by atoms with Gasteiger partial charge < -0.3 is 9.47 Å². The van der Waals surface area contributed by atoms with Crippen molar-refractivity contribution in [2.24, 2.45) is 0 Å². The molecule has 8 nitrogen and oxygen atoms in total. The van der Waals surface area contributed by atoms with E-state index in [1.54, 1.807) is 0 Å². The van der Waals surface area contributed by atoms with Gasteiger partial charge in [-0.15, -0.1) is 11.3 Å². The molecule has 3 aromatic heterocycles. The molecule has 5 rings (SSSR count). The number of carbonyl (C=O) groups excluding carboxylic acids is 3. The maximum absolute atomic E-state index is 11.4. The molecule has 0 atom stereocenters. The molecule has 0 spiro atoms. The molecule has 0 bridgehead atoms. The lowest BCUT2D eigenvalue weighted by Gasteiger charge is -1.99. The van der Waals surface area contributed by atoms with Gasteiger partial charge in [-0.25, -0.2) is 4.98 Å². The van der Waals surface area contributed by atoms with Crippen LogP contribution in [-0.4, -0.2) is 32.3 Å². The Bertz CT molecular complexity index is 1690. The molecule has 43 heavy (non-hydrogen) atoms. The van der Waals surface area contributed by atoms with Crippen LogP contribution in [0, 0.1) is 13.8 Å². The number of aryl methyl sites for hydroxylation is 2. The molecule has 0 N–H and O–H groups in total. The van der Waals surface area contributed by atoms with Crippen LogP contribution in [-0.2, 0) is 5.33 Å². The van der Waals surface area contributed by atoms with Crippen molar-refractivity contribution in [2.75, 3.05) is 0 Å². The fourth-order valence-corrected chi connectivity index (χ4v) is 7.19. The predicted octanol–water partition coefficient (Wildman–Crippen LogP) is 9.90. The summed E-state index contributed by atoms with van der Waals surface area (Å²) in [5.74, 6) is 1.40. The van der Waals surface area contributed by atoms with Crippen LogP contribution in [0.2, 0.25) is 0 Å². The summed E-state index contributed by atoms with van der Waals surface area (Å²) in [6.45, 7) is 8.29. The first kappa shape index (κ1) is 34.4. The second kappa shape index (κ2) is 16.7. The van der Waals surface area contributed by atoms with E-state index in [-0.39, 0.29) is 17.3 Å². The maximum Gasteiger partial charge on any atom is 0.279 e. The third-order valence-electron chi connectivity index (χ3n) is 5.24. The molecule has 0 aliphatic heterocycles. The van der Waals surface area contributed by atoms with Crippen LogP contribution in [0.15, 0.2) is 64.6 Å². The van der Waals surface area contributed by atoms with Crippen LogP contribution in [0.25, 0.3) is 0 Å². The Hall–Kier alpha value is -3.10. The number of rotatable bonds is 8. The van der Waals surface area contributed by atoms with Crippen LogP contribution < -0.4 is 9.47 Å². The van der Waals surface area contributed by atoms with Gasteiger partial charge in [-0.05, 0) is 54.0 Å². The summed E-state index contributed by atoms with van der Waals surface area (Å²) in [6.07, 6.45) is 0. The van der Waals surface area contributed by atoms with Gasteiger partial charge in [-0.1, -0.05) is 75.0 Å². The van der Waals surface area contributed by atoms with E-state index in [9.17, 15) is 14.4 Å². The van der Waals surface area contributed by atoms with Gasteiger partial charge in [-0.2, -0.15) is 9.97 Å². The highest BCUT2D eigenvalue weighted by Gasteiger charge is 2.15. The first-order chi connectivity index (χ1) is 20.5. The van der Waals surface area contributed by atoms with Crippen molar-refractivity contribution in [1.82, 2.24) is 15.0 Å². The highest BCUT2D eigenvalue weighted by Crippen LogP contribution is 2.31. The second-order valence-electron chi connectivity index (χ2n) is 8.64. The minimum atomic E-state index is -0.0430. The highest BCUT2D eigenvalue weighted by molar-refractivity contribution is 9.11. The zero-order valence-corrected chi connectivity index (χ0v) is 29.5. The maximum atomic E-state index is 11.4. The predicted molar refractivity (Wildman–Crippen MR) is 179 cm³/mol. The van der Waals surface area contributed by atoms with Crippen molar-refractivity contribution in [3.05, 3.63) is 96.3 Å². The van der Waals surface area contributed by atoms with E-state index in [1.165, 1.54) is 54.8 Å². The quantitative estimate of drug-likeness (QED) is 0.114. The zero-order valence-electron chi connectivity index (χ0n) is 23.8. The summed E-state index contributed by atoms with van der Waals surface area (Å²) in [5.41, 5.74) is 1.56. The van der Waals surface area contributed by atoms with Gasteiger partial charge in [0.2, 0.25) is 0 Å². The summed E-state index contributed by atoms with van der Waals surface area (Å²) >= 11 is 10.8. The van der Waals surface area contributed by atoms with Gasteiger partial charge in [-0.3, -0.25) is 14.4 Å². The number of aromatic nitrogens is 3. The second-order valence-corrected chi connectivity index (χ2v) is 13.9. The van der Waals surface area contributed by atoms with Crippen LogP contribution in [0.3, 0.4) is 0 Å². The zero-order chi connectivity index (χ0) is 31.5. The average Bonchev–Trinajstić information content (AvgIpc) is 3.66. The van der Waals surface area contributed by atoms with E-state index in [1.807, 2.05) is 74.5 Å². The van der Waals surface area contributed by atoms with E-state index in [2.05, 4.69) is 46.8 Å². The largest absolute Gasteiger partial charge is 0.431 e. The van der Waals surface area contributed by atoms with E-state index in [0.29, 0.717) is 32.8 Å². The van der Waals surface area contributed by atoms with Crippen LogP contribution in [0.4, 0.5) is 0 Å². The normalized spacial score (nSPS) is 10.1. The molecule has 0 amide bonds. The number of Topliss-reactive ketones (excluding diaryl/α,β-unsaturated/α-hetero) is 3. The molecule has 0 unspecified atom stereocenters. The van der Waals surface area contributed by atoms with Crippen molar-refractivity contribution in [1.29, 1.82) is 0 Å². The van der Waals surface area contributed by atoms with Crippen LogP contribution in [0.5, 0.6) is 21.9 Å². The SMILES string of the molecule is CC(=O)c1nc(Br)sc1C.CC(=O)c1nc(Oc2ccccc2)sc1C.CC(=O)c1nc(Oc2ccccc2)sc1CBr. The lowest BCUT2D eigenvalue weighted by atomic mass is 10.3. The Morgan fingerprint density at radius 1 is 0.651 bits per heavy atom. The minimum Gasteiger partial charge on any atom is -0.431 e. The van der Waals surface area contributed by atoms with Crippen molar-refractivity contribution in [2.45, 2.75) is 39.9 Å². The monoisotopic (exact) mass is 763 g/mol.